The molecule has 0 aliphatic rings. The minimum absolute atomic E-state index is 0.0174. The van der Waals surface area contributed by atoms with Crippen LogP contribution in [0.4, 0.5) is 8.78 Å². The summed E-state index contributed by atoms with van der Waals surface area (Å²) in [5.41, 5.74) is 3.17. The molecule has 108 valence electrons. The molecule has 0 aliphatic heterocycles. The average Bonchev–Trinajstić information content (AvgIpc) is 2.40. The van der Waals surface area contributed by atoms with Crippen LogP contribution < -0.4 is 11.3 Å². The summed E-state index contributed by atoms with van der Waals surface area (Å²) in [6, 6.07) is 4.28. The smallest absolute Gasteiger partial charge is 0.162 e. The lowest BCUT2D eigenvalue weighted by molar-refractivity contribution is 0.308. The van der Waals surface area contributed by atoms with Crippen molar-refractivity contribution in [1.82, 2.24) is 5.43 Å². The second-order valence-electron chi connectivity index (χ2n) is 5.03. The second kappa shape index (κ2) is 8.23. The summed E-state index contributed by atoms with van der Waals surface area (Å²) in [5, 5.41) is 0. The van der Waals surface area contributed by atoms with Crippen LogP contribution in [0.5, 0.6) is 0 Å². The third kappa shape index (κ3) is 4.55. The van der Waals surface area contributed by atoms with E-state index < -0.39 is 11.6 Å². The van der Waals surface area contributed by atoms with Crippen LogP contribution in [0.2, 0.25) is 0 Å². The Morgan fingerprint density at radius 3 is 2.32 bits per heavy atom. The lowest BCUT2D eigenvalue weighted by Crippen LogP contribution is -2.42. The Labute approximate surface area is 114 Å². The first-order chi connectivity index (χ1) is 9.13. The first-order valence-electron chi connectivity index (χ1n) is 7.03. The van der Waals surface area contributed by atoms with Gasteiger partial charge in [-0.3, -0.25) is 11.3 Å². The Morgan fingerprint density at radius 1 is 1.16 bits per heavy atom. The lowest BCUT2D eigenvalue weighted by Gasteiger charge is -2.26. The first kappa shape index (κ1) is 16.1. The lowest BCUT2D eigenvalue weighted by atomic mass is 9.87. The van der Waals surface area contributed by atoms with Gasteiger partial charge in [0.25, 0.3) is 0 Å². The standard InChI is InChI=1S/C15H24F2N2/c1-3-6-11(7-4-2)14(19-18)10-12-8-5-9-13(16)15(12)17/h5,8-9,11,14,19H,3-4,6-7,10,18H2,1-2H3. The fraction of sp³-hybridized carbons (Fsp3) is 0.600. The number of benzene rings is 1. The molecule has 19 heavy (non-hydrogen) atoms. The van der Waals surface area contributed by atoms with Gasteiger partial charge in [0.05, 0.1) is 0 Å². The van der Waals surface area contributed by atoms with Crippen LogP contribution in [0.3, 0.4) is 0 Å². The summed E-state index contributed by atoms with van der Waals surface area (Å²) in [6.45, 7) is 4.25. The van der Waals surface area contributed by atoms with Crippen LogP contribution in [0.25, 0.3) is 0 Å². The quantitative estimate of drug-likeness (QED) is 0.560. The van der Waals surface area contributed by atoms with Gasteiger partial charge in [0, 0.05) is 6.04 Å². The van der Waals surface area contributed by atoms with Crippen molar-refractivity contribution < 1.29 is 8.78 Å². The highest BCUT2D eigenvalue weighted by Crippen LogP contribution is 2.22. The second-order valence-corrected chi connectivity index (χ2v) is 5.03. The maximum Gasteiger partial charge on any atom is 0.162 e. The third-order valence-corrected chi connectivity index (χ3v) is 3.57. The fourth-order valence-corrected chi connectivity index (χ4v) is 2.59. The summed E-state index contributed by atoms with van der Waals surface area (Å²) >= 11 is 0. The Balaban J connectivity index is 2.82. The average molecular weight is 270 g/mol. The predicted octanol–water partition coefficient (Wildman–Crippen LogP) is 3.56. The van der Waals surface area contributed by atoms with Gasteiger partial charge in [0.2, 0.25) is 0 Å². The van der Waals surface area contributed by atoms with E-state index in [1.807, 2.05) is 0 Å². The maximum atomic E-state index is 13.7. The van der Waals surface area contributed by atoms with E-state index in [0.29, 0.717) is 17.9 Å². The highest BCUT2D eigenvalue weighted by Gasteiger charge is 2.21. The van der Waals surface area contributed by atoms with Gasteiger partial charge >= 0.3 is 0 Å². The minimum Gasteiger partial charge on any atom is -0.271 e. The van der Waals surface area contributed by atoms with E-state index in [-0.39, 0.29) is 6.04 Å². The van der Waals surface area contributed by atoms with Crippen molar-refractivity contribution >= 4 is 0 Å². The Kier molecular flexibility index (Phi) is 6.95. The molecule has 0 spiro atoms. The molecule has 4 heteroatoms. The van der Waals surface area contributed by atoms with Crippen LogP contribution in [-0.4, -0.2) is 6.04 Å². The molecule has 2 nitrogen and oxygen atoms in total. The molecule has 0 radical (unpaired) electrons. The van der Waals surface area contributed by atoms with E-state index in [4.69, 9.17) is 5.84 Å². The zero-order valence-corrected chi connectivity index (χ0v) is 11.8. The van der Waals surface area contributed by atoms with Crippen LogP contribution >= 0.6 is 0 Å². The van der Waals surface area contributed by atoms with E-state index in [9.17, 15) is 8.78 Å². The van der Waals surface area contributed by atoms with Crippen molar-refractivity contribution in [2.45, 2.75) is 52.0 Å². The van der Waals surface area contributed by atoms with Crippen molar-refractivity contribution in [3.63, 3.8) is 0 Å². The summed E-state index contributed by atoms with van der Waals surface area (Å²) in [7, 11) is 0. The molecular formula is C15H24F2N2. The topological polar surface area (TPSA) is 38.0 Å². The van der Waals surface area contributed by atoms with Gasteiger partial charge in [-0.15, -0.1) is 0 Å². The normalized spacial score (nSPS) is 12.9. The molecule has 1 aromatic rings. The van der Waals surface area contributed by atoms with Gasteiger partial charge in [-0.25, -0.2) is 8.78 Å². The van der Waals surface area contributed by atoms with Crippen LogP contribution in [0.15, 0.2) is 18.2 Å². The molecule has 1 aromatic carbocycles. The number of hydrogen-bond acceptors (Lipinski definition) is 2. The van der Waals surface area contributed by atoms with Crippen molar-refractivity contribution in [2.24, 2.45) is 11.8 Å². The summed E-state index contributed by atoms with van der Waals surface area (Å²) in [6.07, 6.45) is 4.63. The molecule has 0 fully saturated rings. The SMILES string of the molecule is CCCC(CCC)C(Cc1cccc(F)c1F)NN. The molecule has 0 amide bonds. The van der Waals surface area contributed by atoms with Gasteiger partial charge in [-0.1, -0.05) is 38.8 Å². The fourth-order valence-electron chi connectivity index (χ4n) is 2.59. The van der Waals surface area contributed by atoms with Crippen molar-refractivity contribution in [1.29, 1.82) is 0 Å². The predicted molar refractivity (Wildman–Crippen MR) is 74.5 cm³/mol. The molecule has 0 saturated carbocycles. The molecule has 0 bridgehead atoms. The highest BCUT2D eigenvalue weighted by molar-refractivity contribution is 5.20. The van der Waals surface area contributed by atoms with Crippen LogP contribution in [0.1, 0.15) is 45.1 Å². The van der Waals surface area contributed by atoms with Crippen molar-refractivity contribution in [3.8, 4) is 0 Å². The van der Waals surface area contributed by atoms with E-state index in [1.165, 1.54) is 6.07 Å². The van der Waals surface area contributed by atoms with Gasteiger partial charge in [-0.2, -0.15) is 0 Å². The number of halogens is 2. The van der Waals surface area contributed by atoms with E-state index >= 15 is 0 Å². The Bertz CT molecular complexity index is 376. The number of hydrazine groups is 1. The van der Waals surface area contributed by atoms with E-state index in [2.05, 4.69) is 19.3 Å². The van der Waals surface area contributed by atoms with Crippen LogP contribution in [-0.2, 0) is 6.42 Å². The monoisotopic (exact) mass is 270 g/mol. The molecule has 0 aromatic heterocycles. The highest BCUT2D eigenvalue weighted by atomic mass is 19.2. The Hall–Kier alpha value is -1.00. The van der Waals surface area contributed by atoms with Gasteiger partial charge < -0.3 is 0 Å². The molecule has 1 rings (SSSR count). The van der Waals surface area contributed by atoms with Gasteiger partial charge in [0.15, 0.2) is 11.6 Å². The van der Waals surface area contributed by atoms with Crippen molar-refractivity contribution in [2.75, 3.05) is 0 Å². The third-order valence-electron chi connectivity index (χ3n) is 3.57. The largest absolute Gasteiger partial charge is 0.271 e. The molecule has 3 N–H and O–H groups in total. The van der Waals surface area contributed by atoms with E-state index in [0.717, 1.165) is 31.7 Å². The maximum absolute atomic E-state index is 13.7. The molecule has 0 saturated heterocycles. The van der Waals surface area contributed by atoms with Gasteiger partial charge in [0.1, 0.15) is 0 Å². The van der Waals surface area contributed by atoms with Gasteiger partial charge in [-0.05, 0) is 36.8 Å². The molecule has 1 unspecified atom stereocenters. The first-order valence-corrected chi connectivity index (χ1v) is 7.03. The number of nitrogens with two attached hydrogens (primary N) is 1. The minimum atomic E-state index is -0.796. The summed E-state index contributed by atoms with van der Waals surface area (Å²) < 4.78 is 26.9. The zero-order valence-electron chi connectivity index (χ0n) is 11.8. The zero-order chi connectivity index (χ0) is 14.3. The Morgan fingerprint density at radius 2 is 1.79 bits per heavy atom. The molecule has 1 atom stereocenters. The summed E-state index contributed by atoms with van der Waals surface area (Å²) in [5.74, 6) is 4.44. The number of rotatable bonds is 8. The summed E-state index contributed by atoms with van der Waals surface area (Å²) in [4.78, 5) is 0. The molecular weight excluding hydrogens is 246 g/mol. The molecule has 0 heterocycles. The van der Waals surface area contributed by atoms with Crippen LogP contribution in [0, 0.1) is 17.6 Å². The number of hydrogen-bond donors (Lipinski definition) is 2. The van der Waals surface area contributed by atoms with E-state index in [1.54, 1.807) is 6.07 Å². The van der Waals surface area contributed by atoms with Crippen molar-refractivity contribution in [3.05, 3.63) is 35.4 Å². The molecule has 0 aliphatic carbocycles. The number of nitrogens with one attached hydrogen (secondary N) is 1.